The van der Waals surface area contributed by atoms with Crippen LogP contribution in [0.2, 0.25) is 0 Å². The number of amides is 1. The highest BCUT2D eigenvalue weighted by Crippen LogP contribution is 2.33. The normalized spacial score (nSPS) is 27.9. The Kier molecular flexibility index (Phi) is 49.7. The van der Waals surface area contributed by atoms with Gasteiger partial charge in [0.05, 0.1) is 38.6 Å². The van der Waals surface area contributed by atoms with Gasteiger partial charge in [-0.05, 0) is 12.8 Å². The summed E-state index contributed by atoms with van der Waals surface area (Å²) in [6.07, 6.45) is 31.8. The highest BCUT2D eigenvalue weighted by atomic mass is 16.8. The molecule has 0 aromatic heterocycles. The summed E-state index contributed by atoms with van der Waals surface area (Å²) < 4.78 is 34.5. The van der Waals surface area contributed by atoms with Crippen LogP contribution in [0.4, 0.5) is 0 Å². The molecule has 17 unspecified atom stereocenters. The zero-order valence-electron chi connectivity index (χ0n) is 56.7. The summed E-state index contributed by atoms with van der Waals surface area (Å²) in [4.78, 5) is 13.4. The van der Waals surface area contributed by atoms with Crippen LogP contribution in [0.5, 0.6) is 0 Å². The largest absolute Gasteiger partial charge is 0.394 e. The van der Waals surface area contributed by atoms with Crippen LogP contribution in [0.3, 0.4) is 0 Å². The summed E-state index contributed by atoms with van der Waals surface area (Å²) in [5.41, 5.74) is 0. The van der Waals surface area contributed by atoms with Crippen LogP contribution >= 0.6 is 0 Å². The molecule has 3 aliphatic rings. The average Bonchev–Trinajstić information content (AvgIpc) is 1.32. The SMILES string of the molecule is CCCCCCCCCCCCCCCCCCCCCCCCCCCCC(O)C(COC1OC(CO)C(OC2OC(CO)C(OC3OC(CO)C(O)C(O)C3O)C(O)C2O)C(O)C1O)NC(=O)CCCCCCCCCCCCCCCCCCCCC. The Morgan fingerprint density at radius 1 is 0.356 bits per heavy atom. The van der Waals surface area contributed by atoms with Crippen molar-refractivity contribution in [3.8, 4) is 0 Å². The maximum atomic E-state index is 13.4. The van der Waals surface area contributed by atoms with E-state index in [0.29, 0.717) is 12.8 Å². The molecule has 3 aliphatic heterocycles. The topological polar surface area (TPSA) is 307 Å². The number of ether oxygens (including phenoxy) is 6. The van der Waals surface area contributed by atoms with E-state index in [1.54, 1.807) is 0 Å². The maximum absolute atomic E-state index is 13.4. The first-order chi connectivity index (χ1) is 43.8. The summed E-state index contributed by atoms with van der Waals surface area (Å²) in [5.74, 6) is -0.235. The fourth-order valence-corrected chi connectivity index (χ4v) is 13.1. The summed E-state index contributed by atoms with van der Waals surface area (Å²) in [6, 6.07) is -0.882. The maximum Gasteiger partial charge on any atom is 0.220 e. The number of aliphatic hydroxyl groups excluding tert-OH is 11. The molecule has 0 saturated carbocycles. The fourth-order valence-electron chi connectivity index (χ4n) is 13.1. The fraction of sp³-hybridized carbons (Fsp3) is 0.986. The van der Waals surface area contributed by atoms with Crippen LogP contribution in [0.1, 0.15) is 316 Å². The molecule has 1 amide bonds. The van der Waals surface area contributed by atoms with Crippen LogP contribution in [-0.2, 0) is 33.2 Å². The van der Waals surface area contributed by atoms with E-state index in [4.69, 9.17) is 28.4 Å². The van der Waals surface area contributed by atoms with Gasteiger partial charge in [-0.3, -0.25) is 4.79 Å². The van der Waals surface area contributed by atoms with Gasteiger partial charge in [0.15, 0.2) is 18.9 Å². The Labute approximate surface area is 544 Å². The van der Waals surface area contributed by atoms with E-state index in [-0.39, 0.29) is 18.9 Å². The molecule has 19 nitrogen and oxygen atoms in total. The predicted octanol–water partition coefficient (Wildman–Crippen LogP) is 10.7. The summed E-state index contributed by atoms with van der Waals surface area (Å²) in [5, 5.41) is 121. The van der Waals surface area contributed by atoms with Gasteiger partial charge in [-0.2, -0.15) is 0 Å². The first-order valence-electron chi connectivity index (χ1n) is 37.3. The van der Waals surface area contributed by atoms with Crippen LogP contribution in [0.25, 0.3) is 0 Å². The van der Waals surface area contributed by atoms with Crippen LogP contribution in [0.15, 0.2) is 0 Å². The Hall–Kier alpha value is -1.21. The zero-order chi connectivity index (χ0) is 65.4. The van der Waals surface area contributed by atoms with E-state index in [9.17, 15) is 61.0 Å². The average molecular weight is 1290 g/mol. The molecule has 534 valence electrons. The Morgan fingerprint density at radius 3 is 0.967 bits per heavy atom. The zero-order valence-corrected chi connectivity index (χ0v) is 56.7. The van der Waals surface area contributed by atoms with E-state index in [1.165, 1.54) is 238 Å². The monoisotopic (exact) mass is 1290 g/mol. The van der Waals surface area contributed by atoms with Crippen LogP contribution < -0.4 is 5.32 Å². The van der Waals surface area contributed by atoms with Crippen molar-refractivity contribution in [3.05, 3.63) is 0 Å². The predicted molar refractivity (Wildman–Crippen MR) is 351 cm³/mol. The van der Waals surface area contributed by atoms with Crippen molar-refractivity contribution >= 4 is 5.91 Å². The van der Waals surface area contributed by atoms with E-state index in [1.807, 2.05) is 0 Å². The molecule has 19 heteroatoms. The van der Waals surface area contributed by atoms with Gasteiger partial charge in [0, 0.05) is 6.42 Å². The van der Waals surface area contributed by atoms with E-state index in [0.717, 1.165) is 44.9 Å². The number of carbonyl (C=O) groups excluding carboxylic acids is 1. The quantitative estimate of drug-likeness (QED) is 0.0252. The van der Waals surface area contributed by atoms with Gasteiger partial charge in [0.1, 0.15) is 73.2 Å². The minimum atomic E-state index is -1.97. The van der Waals surface area contributed by atoms with Crippen molar-refractivity contribution in [1.29, 1.82) is 0 Å². The van der Waals surface area contributed by atoms with Crippen molar-refractivity contribution in [3.63, 3.8) is 0 Å². The Morgan fingerprint density at radius 2 is 0.633 bits per heavy atom. The summed E-state index contributed by atoms with van der Waals surface area (Å²) in [7, 11) is 0. The molecule has 12 N–H and O–H groups in total. The van der Waals surface area contributed by atoms with Gasteiger partial charge in [-0.1, -0.05) is 296 Å². The van der Waals surface area contributed by atoms with Crippen LogP contribution in [0, 0.1) is 0 Å². The highest BCUT2D eigenvalue weighted by Gasteiger charge is 2.53. The van der Waals surface area contributed by atoms with Crippen molar-refractivity contribution in [2.75, 3.05) is 26.4 Å². The second-order valence-corrected chi connectivity index (χ2v) is 27.1. The van der Waals surface area contributed by atoms with Gasteiger partial charge < -0.3 is 89.9 Å². The smallest absolute Gasteiger partial charge is 0.220 e. The second kappa shape index (κ2) is 53.9. The van der Waals surface area contributed by atoms with Crippen molar-refractivity contribution < 1.29 is 89.4 Å². The van der Waals surface area contributed by atoms with Gasteiger partial charge in [-0.25, -0.2) is 0 Å². The van der Waals surface area contributed by atoms with Gasteiger partial charge in [0.2, 0.25) is 5.91 Å². The molecule has 0 radical (unpaired) electrons. The third-order valence-corrected chi connectivity index (χ3v) is 19.2. The van der Waals surface area contributed by atoms with Gasteiger partial charge >= 0.3 is 0 Å². The summed E-state index contributed by atoms with van der Waals surface area (Å²) in [6.45, 7) is 1.86. The van der Waals surface area contributed by atoms with Gasteiger partial charge in [0.25, 0.3) is 0 Å². The molecule has 0 bridgehead atoms. The molecule has 0 aromatic carbocycles. The van der Waals surface area contributed by atoms with Crippen molar-refractivity contribution in [2.45, 2.75) is 420 Å². The number of rotatable bonds is 59. The number of carbonyl (C=O) groups is 1. The lowest BCUT2D eigenvalue weighted by Gasteiger charge is -2.48. The van der Waals surface area contributed by atoms with Crippen molar-refractivity contribution in [1.82, 2.24) is 5.32 Å². The molecular formula is C71H137NO18. The van der Waals surface area contributed by atoms with Crippen molar-refractivity contribution in [2.24, 2.45) is 0 Å². The van der Waals surface area contributed by atoms with E-state index in [2.05, 4.69) is 19.2 Å². The molecule has 90 heavy (non-hydrogen) atoms. The first-order valence-corrected chi connectivity index (χ1v) is 37.3. The second-order valence-electron chi connectivity index (χ2n) is 27.1. The van der Waals surface area contributed by atoms with E-state index >= 15 is 0 Å². The first kappa shape index (κ1) is 83.0. The Bertz CT molecular complexity index is 1640. The minimum Gasteiger partial charge on any atom is -0.394 e. The summed E-state index contributed by atoms with van der Waals surface area (Å²) >= 11 is 0. The highest BCUT2D eigenvalue weighted by molar-refractivity contribution is 5.76. The lowest BCUT2D eigenvalue weighted by atomic mass is 9.96. The number of nitrogens with one attached hydrogen (secondary N) is 1. The Balaban J connectivity index is 1.40. The molecule has 3 rings (SSSR count). The lowest BCUT2D eigenvalue weighted by molar-refractivity contribution is -0.379. The number of aliphatic hydroxyl groups is 11. The van der Waals surface area contributed by atoms with Crippen LogP contribution in [-0.4, -0.2) is 193 Å². The lowest BCUT2D eigenvalue weighted by Crippen LogP contribution is -2.66. The third kappa shape index (κ3) is 35.2. The molecule has 3 heterocycles. The van der Waals surface area contributed by atoms with E-state index < -0.39 is 124 Å². The molecular weight excluding hydrogens is 1150 g/mol. The minimum absolute atomic E-state index is 0.235. The van der Waals surface area contributed by atoms with Gasteiger partial charge in [-0.15, -0.1) is 0 Å². The molecule has 0 spiro atoms. The molecule has 17 atom stereocenters. The number of hydrogen-bond donors (Lipinski definition) is 12. The molecule has 0 aromatic rings. The third-order valence-electron chi connectivity index (χ3n) is 19.2. The molecule has 3 saturated heterocycles. The molecule has 3 fully saturated rings. The number of hydrogen-bond acceptors (Lipinski definition) is 18. The number of unbranched alkanes of at least 4 members (excludes halogenated alkanes) is 43. The standard InChI is InChI=1S/C71H137NO18/c1-3-5-7-9-11-13-15-17-19-21-23-24-25-26-27-28-29-31-32-34-36-38-40-42-44-46-48-55(76)54(72-59(77)49-47-45-43-41-39-37-35-33-30-22-20-18-16-14-12-10-8-6-4-2)53-85-69-65(83)62(80)67(57(51-74)87-69)90-71-66(84)63(81)68(58(52-75)88-71)89-70-64(82)61(79)60(78)56(50-73)86-70/h54-58,60-71,73-76,78-84H,3-53H2,1-2H3,(H,72,77). The molecule has 0 aliphatic carbocycles.